The van der Waals surface area contributed by atoms with E-state index >= 15 is 0 Å². The zero-order chi connectivity index (χ0) is 8.97. The van der Waals surface area contributed by atoms with Gasteiger partial charge in [0, 0.05) is 9.37 Å². The Kier molecular flexibility index (Phi) is 3.85. The summed E-state index contributed by atoms with van der Waals surface area (Å²) in [5, 5.41) is 8.55. The number of hydrogen-bond donors (Lipinski definition) is 2. The van der Waals surface area contributed by atoms with Crippen LogP contribution in [0.25, 0.3) is 6.08 Å². The van der Waals surface area contributed by atoms with Crippen LogP contribution in [0.1, 0.15) is 5.56 Å². The Morgan fingerprint density at radius 3 is 2.83 bits per heavy atom. The maximum atomic E-state index is 8.55. The second kappa shape index (κ2) is 4.70. The average molecular weight is 245 g/mol. The Labute approximate surface area is 85.7 Å². The smallest absolute Gasteiger partial charge is 0.0615 e. The molecule has 0 amide bonds. The van der Waals surface area contributed by atoms with Gasteiger partial charge in [-0.3, -0.25) is 0 Å². The molecule has 1 N–H and O–H groups in total. The van der Waals surface area contributed by atoms with Crippen LogP contribution >= 0.6 is 28.6 Å². The first-order chi connectivity index (χ1) is 5.74. The molecular formula is C9H9BrOS. The minimum absolute atomic E-state index is 0.0588. The van der Waals surface area contributed by atoms with Crippen molar-refractivity contribution >= 4 is 34.6 Å². The first kappa shape index (κ1) is 9.84. The van der Waals surface area contributed by atoms with E-state index in [1.54, 1.807) is 6.08 Å². The summed E-state index contributed by atoms with van der Waals surface area (Å²) in [5.41, 5.74) is 1.01. The van der Waals surface area contributed by atoms with E-state index in [4.69, 9.17) is 5.11 Å². The van der Waals surface area contributed by atoms with Gasteiger partial charge in [-0.1, -0.05) is 34.1 Å². The Balaban J connectivity index is 2.94. The molecule has 1 rings (SSSR count). The molecule has 0 aliphatic rings. The Morgan fingerprint density at radius 2 is 2.25 bits per heavy atom. The molecule has 0 saturated heterocycles. The first-order valence-electron chi connectivity index (χ1n) is 3.50. The lowest BCUT2D eigenvalue weighted by atomic mass is 10.2. The molecule has 12 heavy (non-hydrogen) atoms. The van der Waals surface area contributed by atoms with E-state index < -0.39 is 0 Å². The van der Waals surface area contributed by atoms with E-state index in [9.17, 15) is 0 Å². The fraction of sp³-hybridized carbons (Fsp3) is 0.111. The lowest BCUT2D eigenvalue weighted by molar-refractivity contribution is 0.343. The van der Waals surface area contributed by atoms with E-state index in [1.807, 2.05) is 24.3 Å². The third-order valence-corrected chi connectivity index (χ3v) is 2.28. The molecule has 0 aliphatic heterocycles. The molecule has 1 aromatic carbocycles. The molecule has 0 unspecified atom stereocenters. The molecular weight excluding hydrogens is 236 g/mol. The van der Waals surface area contributed by atoms with Gasteiger partial charge in [0.25, 0.3) is 0 Å². The van der Waals surface area contributed by atoms with Gasteiger partial charge in [0.2, 0.25) is 0 Å². The predicted molar refractivity (Wildman–Crippen MR) is 57.5 cm³/mol. The van der Waals surface area contributed by atoms with Crippen molar-refractivity contribution in [2.45, 2.75) is 4.90 Å². The number of rotatable bonds is 2. The summed E-state index contributed by atoms with van der Waals surface area (Å²) < 4.78 is 1.01. The highest BCUT2D eigenvalue weighted by atomic mass is 79.9. The molecule has 0 saturated carbocycles. The van der Waals surface area contributed by atoms with Gasteiger partial charge in [-0.05, 0) is 17.7 Å². The molecule has 1 aromatic rings. The van der Waals surface area contributed by atoms with Gasteiger partial charge in [0.05, 0.1) is 6.61 Å². The lowest BCUT2D eigenvalue weighted by Gasteiger charge is -1.98. The summed E-state index contributed by atoms with van der Waals surface area (Å²) in [5.74, 6) is 0. The highest BCUT2D eigenvalue weighted by Gasteiger charge is 1.94. The van der Waals surface area contributed by atoms with Crippen molar-refractivity contribution in [3.63, 3.8) is 0 Å². The minimum atomic E-state index is 0.0588. The summed E-state index contributed by atoms with van der Waals surface area (Å²) in [4.78, 5) is 0.897. The number of aliphatic hydroxyl groups is 1. The van der Waals surface area contributed by atoms with E-state index in [1.165, 1.54) is 0 Å². The molecule has 0 aliphatic carbocycles. The summed E-state index contributed by atoms with van der Waals surface area (Å²) in [6.45, 7) is 0.0588. The number of benzene rings is 1. The molecule has 0 fully saturated rings. The minimum Gasteiger partial charge on any atom is -0.392 e. The van der Waals surface area contributed by atoms with Crippen molar-refractivity contribution in [2.24, 2.45) is 0 Å². The van der Waals surface area contributed by atoms with Crippen molar-refractivity contribution < 1.29 is 5.11 Å². The largest absolute Gasteiger partial charge is 0.392 e. The fourth-order valence-corrected chi connectivity index (χ4v) is 1.66. The Bertz CT molecular complexity index is 297. The maximum absolute atomic E-state index is 8.55. The normalized spacial score (nSPS) is 10.9. The van der Waals surface area contributed by atoms with Crippen molar-refractivity contribution in [3.8, 4) is 0 Å². The highest BCUT2D eigenvalue weighted by Crippen LogP contribution is 2.20. The first-order valence-corrected chi connectivity index (χ1v) is 4.74. The fourth-order valence-electron chi connectivity index (χ4n) is 0.837. The van der Waals surface area contributed by atoms with Crippen LogP contribution in [0.4, 0.5) is 0 Å². The molecule has 0 heterocycles. The molecule has 0 bridgehead atoms. The van der Waals surface area contributed by atoms with E-state index in [0.717, 1.165) is 14.9 Å². The third kappa shape index (κ3) is 2.66. The second-order valence-electron chi connectivity index (χ2n) is 2.29. The Morgan fingerprint density at radius 1 is 1.50 bits per heavy atom. The van der Waals surface area contributed by atoms with Crippen LogP contribution in [0.15, 0.2) is 33.6 Å². The van der Waals surface area contributed by atoms with Crippen LogP contribution in [-0.4, -0.2) is 11.7 Å². The summed E-state index contributed by atoms with van der Waals surface area (Å²) >= 11 is 7.62. The van der Waals surface area contributed by atoms with Crippen LogP contribution < -0.4 is 0 Å². The second-order valence-corrected chi connectivity index (χ2v) is 3.69. The van der Waals surface area contributed by atoms with Crippen molar-refractivity contribution in [1.82, 2.24) is 0 Å². The van der Waals surface area contributed by atoms with Gasteiger partial charge in [-0.2, -0.15) is 0 Å². The van der Waals surface area contributed by atoms with Gasteiger partial charge in [-0.25, -0.2) is 0 Å². The molecule has 64 valence electrons. The van der Waals surface area contributed by atoms with E-state index in [2.05, 4.69) is 28.6 Å². The molecule has 3 heteroatoms. The monoisotopic (exact) mass is 244 g/mol. The topological polar surface area (TPSA) is 20.2 Å². The zero-order valence-electron chi connectivity index (χ0n) is 6.37. The van der Waals surface area contributed by atoms with Gasteiger partial charge < -0.3 is 5.11 Å². The average Bonchev–Trinajstić information content (AvgIpc) is 2.03. The molecule has 0 aromatic heterocycles. The van der Waals surface area contributed by atoms with Crippen molar-refractivity contribution in [1.29, 1.82) is 0 Å². The van der Waals surface area contributed by atoms with Crippen LogP contribution in [0.2, 0.25) is 0 Å². The quantitative estimate of drug-likeness (QED) is 0.767. The zero-order valence-corrected chi connectivity index (χ0v) is 8.85. The standard InChI is InChI=1S/C9H9BrOS/c10-8-4-3-7(2-1-5-11)9(12)6-8/h1-4,6,11-12H,5H2/b2-1+. The number of hydrogen-bond acceptors (Lipinski definition) is 2. The van der Waals surface area contributed by atoms with Gasteiger partial charge in [0.15, 0.2) is 0 Å². The van der Waals surface area contributed by atoms with Gasteiger partial charge >= 0.3 is 0 Å². The number of halogens is 1. The number of aliphatic hydroxyl groups excluding tert-OH is 1. The van der Waals surface area contributed by atoms with E-state index in [0.29, 0.717) is 0 Å². The lowest BCUT2D eigenvalue weighted by Crippen LogP contribution is -1.77. The predicted octanol–water partition coefficient (Wildman–Crippen LogP) is 2.74. The summed E-state index contributed by atoms with van der Waals surface area (Å²) in [6.07, 6.45) is 3.53. The van der Waals surface area contributed by atoms with Crippen molar-refractivity contribution in [2.75, 3.05) is 6.61 Å². The van der Waals surface area contributed by atoms with Crippen LogP contribution in [-0.2, 0) is 0 Å². The van der Waals surface area contributed by atoms with Gasteiger partial charge in [-0.15, -0.1) is 12.6 Å². The molecule has 0 atom stereocenters. The number of thiol groups is 1. The molecule has 1 nitrogen and oxygen atoms in total. The maximum Gasteiger partial charge on any atom is 0.0615 e. The van der Waals surface area contributed by atoms with Gasteiger partial charge in [0.1, 0.15) is 0 Å². The molecule has 0 spiro atoms. The highest BCUT2D eigenvalue weighted by molar-refractivity contribution is 9.10. The third-order valence-electron chi connectivity index (χ3n) is 1.40. The van der Waals surface area contributed by atoms with Crippen LogP contribution in [0.5, 0.6) is 0 Å². The Hall–Kier alpha value is -0.250. The molecule has 0 radical (unpaired) electrons. The summed E-state index contributed by atoms with van der Waals surface area (Å²) in [6, 6.07) is 5.80. The van der Waals surface area contributed by atoms with Crippen LogP contribution in [0, 0.1) is 0 Å². The van der Waals surface area contributed by atoms with E-state index in [-0.39, 0.29) is 6.61 Å². The SMILES string of the molecule is OC/C=C/c1ccc(Br)cc1S. The summed E-state index contributed by atoms with van der Waals surface area (Å²) in [7, 11) is 0. The van der Waals surface area contributed by atoms with Crippen molar-refractivity contribution in [3.05, 3.63) is 34.3 Å². The van der Waals surface area contributed by atoms with Crippen LogP contribution in [0.3, 0.4) is 0 Å².